The van der Waals surface area contributed by atoms with Gasteiger partial charge >= 0.3 is 5.97 Å². The topological polar surface area (TPSA) is 29.5 Å². The van der Waals surface area contributed by atoms with Crippen LogP contribution in [0.4, 0.5) is 0 Å². The first kappa shape index (κ1) is 16.3. The quantitative estimate of drug-likeness (QED) is 0.588. The van der Waals surface area contributed by atoms with Crippen molar-refractivity contribution < 1.29 is 14.0 Å². The Balaban J connectivity index is 1.57. The van der Waals surface area contributed by atoms with Gasteiger partial charge in [0.15, 0.2) is 6.54 Å². The van der Waals surface area contributed by atoms with Crippen LogP contribution >= 0.6 is 0 Å². The molecule has 1 saturated carbocycles. The Morgan fingerprint density at radius 2 is 1.82 bits per heavy atom. The number of piperazine rings is 3. The summed E-state index contributed by atoms with van der Waals surface area (Å²) >= 11 is 0. The fraction of sp³-hybridized carbons (Fsp3) is 0.944. The number of quaternary nitrogens is 1. The smallest absolute Gasteiger partial charge is 0.362 e. The van der Waals surface area contributed by atoms with E-state index < -0.39 is 0 Å². The number of hydrogen-bond acceptors (Lipinski definition) is 3. The van der Waals surface area contributed by atoms with E-state index in [0.717, 1.165) is 50.2 Å². The van der Waals surface area contributed by atoms with Crippen molar-refractivity contribution in [2.24, 2.45) is 17.8 Å². The summed E-state index contributed by atoms with van der Waals surface area (Å²) in [6, 6.07) is 0. The van der Waals surface area contributed by atoms with Crippen molar-refractivity contribution in [3.05, 3.63) is 0 Å². The summed E-state index contributed by atoms with van der Waals surface area (Å²) in [6.45, 7) is 14.3. The van der Waals surface area contributed by atoms with Gasteiger partial charge in [0.1, 0.15) is 6.10 Å². The van der Waals surface area contributed by atoms with E-state index in [0.29, 0.717) is 24.3 Å². The Morgan fingerprint density at radius 3 is 2.41 bits per heavy atom. The molecule has 0 spiro atoms. The molecule has 1 aliphatic carbocycles. The molecule has 22 heavy (non-hydrogen) atoms. The van der Waals surface area contributed by atoms with Gasteiger partial charge in [-0.2, -0.15) is 0 Å². The summed E-state index contributed by atoms with van der Waals surface area (Å²) in [4.78, 5) is 15.1. The van der Waals surface area contributed by atoms with Crippen molar-refractivity contribution in [1.82, 2.24) is 4.90 Å². The van der Waals surface area contributed by atoms with E-state index in [4.69, 9.17) is 4.74 Å². The molecule has 3 saturated heterocycles. The van der Waals surface area contributed by atoms with E-state index in [1.54, 1.807) is 0 Å². The predicted octanol–water partition coefficient (Wildman–Crippen LogP) is 2.14. The molecule has 0 unspecified atom stereocenters. The molecule has 3 heterocycles. The minimum absolute atomic E-state index is 0.0556. The molecule has 4 aliphatic rings. The van der Waals surface area contributed by atoms with Crippen LogP contribution in [0.3, 0.4) is 0 Å². The Bertz CT molecular complexity index is 388. The number of hydrogen-bond donors (Lipinski definition) is 0. The number of nitrogens with zero attached hydrogens (tertiary/aromatic N) is 2. The van der Waals surface area contributed by atoms with Crippen LogP contribution in [-0.2, 0) is 9.53 Å². The van der Waals surface area contributed by atoms with Gasteiger partial charge < -0.3 is 9.22 Å². The highest BCUT2D eigenvalue weighted by Gasteiger charge is 2.41. The van der Waals surface area contributed by atoms with Crippen LogP contribution in [0.1, 0.15) is 40.0 Å². The van der Waals surface area contributed by atoms with E-state index in [1.165, 1.54) is 12.8 Å². The van der Waals surface area contributed by atoms with Gasteiger partial charge in [0.05, 0.1) is 19.6 Å². The normalized spacial score (nSPS) is 41.6. The number of fused-ring (bicyclic) bond motifs is 3. The molecule has 3 atom stereocenters. The molecule has 4 fully saturated rings. The highest BCUT2D eigenvalue weighted by atomic mass is 16.5. The van der Waals surface area contributed by atoms with E-state index in [-0.39, 0.29) is 12.1 Å². The largest absolute Gasteiger partial charge is 0.458 e. The van der Waals surface area contributed by atoms with Gasteiger partial charge in [-0.05, 0) is 30.6 Å². The molecular weight excluding hydrogens is 276 g/mol. The SMILES string of the molecule is CC(C)[C@H]1CC[C@@H](C)C[C@@H]1OC(=O)C[N+]12CCN(CC1)CC2. The van der Waals surface area contributed by atoms with E-state index in [1.807, 2.05) is 0 Å². The summed E-state index contributed by atoms with van der Waals surface area (Å²) in [5.74, 6) is 1.91. The van der Waals surface area contributed by atoms with Gasteiger partial charge in [0.25, 0.3) is 0 Å². The summed E-state index contributed by atoms with van der Waals surface area (Å²) in [5.41, 5.74) is 0. The molecule has 0 aromatic heterocycles. The second kappa shape index (κ2) is 6.48. The lowest BCUT2D eigenvalue weighted by atomic mass is 9.75. The Kier molecular flexibility index (Phi) is 4.79. The molecule has 2 bridgehead atoms. The maximum absolute atomic E-state index is 12.6. The summed E-state index contributed by atoms with van der Waals surface area (Å²) < 4.78 is 6.99. The maximum Gasteiger partial charge on any atom is 0.362 e. The maximum atomic E-state index is 12.6. The number of esters is 1. The summed E-state index contributed by atoms with van der Waals surface area (Å²) in [7, 11) is 0. The van der Waals surface area contributed by atoms with Crippen LogP contribution in [0.15, 0.2) is 0 Å². The van der Waals surface area contributed by atoms with Crippen LogP contribution in [0.25, 0.3) is 0 Å². The number of carbonyl (C=O) groups is 1. The van der Waals surface area contributed by atoms with Crippen LogP contribution in [-0.4, -0.2) is 67.3 Å². The second-order valence-corrected chi connectivity index (χ2v) is 8.37. The molecule has 0 radical (unpaired) electrons. The molecule has 4 nitrogen and oxygen atoms in total. The zero-order valence-electron chi connectivity index (χ0n) is 14.6. The summed E-state index contributed by atoms with van der Waals surface area (Å²) in [5, 5.41) is 0. The average Bonchev–Trinajstić information content (AvgIpc) is 2.48. The minimum Gasteiger partial charge on any atom is -0.458 e. The van der Waals surface area contributed by atoms with Crippen LogP contribution < -0.4 is 0 Å². The highest BCUT2D eigenvalue weighted by Crippen LogP contribution is 2.35. The monoisotopic (exact) mass is 309 g/mol. The Labute approximate surface area is 135 Å². The third kappa shape index (κ3) is 3.48. The minimum atomic E-state index is 0.0556. The summed E-state index contributed by atoms with van der Waals surface area (Å²) in [6.07, 6.45) is 3.71. The van der Waals surface area contributed by atoms with Crippen molar-refractivity contribution in [2.75, 3.05) is 45.8 Å². The average molecular weight is 309 g/mol. The van der Waals surface area contributed by atoms with Crippen molar-refractivity contribution in [3.63, 3.8) is 0 Å². The van der Waals surface area contributed by atoms with Crippen LogP contribution in [0.2, 0.25) is 0 Å². The van der Waals surface area contributed by atoms with Crippen molar-refractivity contribution in [3.8, 4) is 0 Å². The molecule has 0 N–H and O–H groups in total. The highest BCUT2D eigenvalue weighted by molar-refractivity contribution is 5.70. The number of carbonyl (C=O) groups excluding carboxylic acids is 1. The fourth-order valence-corrected chi connectivity index (χ4v) is 4.70. The van der Waals surface area contributed by atoms with Gasteiger partial charge in [-0.15, -0.1) is 0 Å². The van der Waals surface area contributed by atoms with Crippen molar-refractivity contribution in [2.45, 2.75) is 46.1 Å². The standard InChI is InChI=1S/C18H33N2O2/c1-14(2)16-5-4-15(3)12-17(16)22-18(21)13-20-9-6-19(7-10-20)8-11-20/h14-17H,4-13H2,1-3H3/q+1/t15-,16-,17+/m1/s1. The zero-order chi connectivity index (χ0) is 15.7. The zero-order valence-corrected chi connectivity index (χ0v) is 14.6. The van der Waals surface area contributed by atoms with Gasteiger partial charge in [0, 0.05) is 19.6 Å². The van der Waals surface area contributed by atoms with Crippen LogP contribution in [0, 0.1) is 17.8 Å². The third-order valence-electron chi connectivity index (χ3n) is 6.38. The molecule has 4 heteroatoms. The molecule has 3 aliphatic heterocycles. The Hall–Kier alpha value is -0.610. The number of ether oxygens (including phenoxy) is 1. The lowest BCUT2D eigenvalue weighted by Gasteiger charge is -2.50. The van der Waals surface area contributed by atoms with E-state index >= 15 is 0 Å². The Morgan fingerprint density at radius 1 is 1.18 bits per heavy atom. The van der Waals surface area contributed by atoms with Gasteiger partial charge in [-0.1, -0.05) is 27.2 Å². The second-order valence-electron chi connectivity index (χ2n) is 8.37. The predicted molar refractivity (Wildman–Crippen MR) is 87.4 cm³/mol. The van der Waals surface area contributed by atoms with E-state index in [2.05, 4.69) is 25.7 Å². The first-order valence-electron chi connectivity index (χ1n) is 9.24. The van der Waals surface area contributed by atoms with Crippen LogP contribution in [0.5, 0.6) is 0 Å². The lowest BCUT2D eigenvalue weighted by Crippen LogP contribution is -2.68. The van der Waals surface area contributed by atoms with Crippen molar-refractivity contribution in [1.29, 1.82) is 0 Å². The van der Waals surface area contributed by atoms with Crippen molar-refractivity contribution >= 4 is 5.97 Å². The molecule has 0 aromatic carbocycles. The van der Waals surface area contributed by atoms with E-state index in [9.17, 15) is 4.79 Å². The number of rotatable bonds is 4. The lowest BCUT2D eigenvalue weighted by molar-refractivity contribution is -0.934. The third-order valence-corrected chi connectivity index (χ3v) is 6.38. The molecule has 4 rings (SSSR count). The first-order valence-corrected chi connectivity index (χ1v) is 9.24. The van der Waals surface area contributed by atoms with Gasteiger partial charge in [-0.25, -0.2) is 4.79 Å². The molecule has 0 amide bonds. The van der Waals surface area contributed by atoms with Gasteiger partial charge in [-0.3, -0.25) is 4.90 Å². The molecule has 126 valence electrons. The van der Waals surface area contributed by atoms with Gasteiger partial charge in [0.2, 0.25) is 0 Å². The molecule has 0 aromatic rings. The fourth-order valence-electron chi connectivity index (χ4n) is 4.70. The first-order chi connectivity index (χ1) is 10.5. The molecular formula is C18H33N2O2+.